The molecular weight excluding hydrogens is 472 g/mol. The molecule has 38 heavy (non-hydrogen) atoms. The molecule has 0 saturated heterocycles. The molecule has 0 fully saturated rings. The fourth-order valence-electron chi connectivity index (χ4n) is 4.66. The van der Waals surface area contributed by atoms with E-state index in [1.54, 1.807) is 0 Å². The highest BCUT2D eigenvalue weighted by molar-refractivity contribution is 6.32. The van der Waals surface area contributed by atoms with Crippen molar-refractivity contribution in [2.75, 3.05) is 11.6 Å². The molecule has 0 atom stereocenters. The summed E-state index contributed by atoms with van der Waals surface area (Å²) >= 11 is 0. The molecule has 0 bridgehead atoms. The highest BCUT2D eigenvalue weighted by Gasteiger charge is 2.28. The molecule has 1 aliphatic heterocycles. The van der Waals surface area contributed by atoms with E-state index in [0.717, 1.165) is 27.8 Å². The number of allylic oxidation sites excluding steroid dienone is 1. The Labute approximate surface area is 223 Å². The van der Waals surface area contributed by atoms with Crippen LogP contribution < -0.4 is 14.5 Å². The number of fused-ring (bicyclic) bond motifs is 1. The molecule has 1 heterocycles. The molecule has 5 nitrogen and oxygen atoms in total. The number of amides is 1. The number of nitrogens with zero attached hydrogens (tertiary/aromatic N) is 2. The molecule has 0 radical (unpaired) electrons. The standard InChI is InChI=1S/C33H30N2O3/c1-4-12-26-19-24(20-30-23(3)34-35(33(30)36)28-16-7-6-8-17-28)21-31(37-5-2)32(26)38-22-27-15-11-14-25-13-9-10-18-29(25)27/h4,6-11,13-21H,1,5,12,22H2,2-3H3/b30-20+. The van der Waals surface area contributed by atoms with E-state index < -0.39 is 0 Å². The third-order valence-corrected chi connectivity index (χ3v) is 6.44. The SMILES string of the molecule is C=CCc1cc(/C=C2/C(=O)N(c3ccccc3)N=C2C)cc(OCC)c1OCc1cccc2ccccc12. The third kappa shape index (κ3) is 5.09. The first-order valence-corrected chi connectivity index (χ1v) is 12.8. The lowest BCUT2D eigenvalue weighted by Gasteiger charge is -2.18. The Morgan fingerprint density at radius 1 is 0.921 bits per heavy atom. The number of ether oxygens (including phenoxy) is 2. The normalized spacial score (nSPS) is 14.2. The molecule has 1 aliphatic rings. The fourth-order valence-corrected chi connectivity index (χ4v) is 4.66. The second-order valence-electron chi connectivity index (χ2n) is 9.06. The van der Waals surface area contributed by atoms with Gasteiger partial charge in [-0.05, 0) is 72.5 Å². The van der Waals surface area contributed by atoms with Gasteiger partial charge < -0.3 is 9.47 Å². The first-order valence-electron chi connectivity index (χ1n) is 12.8. The molecule has 0 saturated carbocycles. The minimum atomic E-state index is -0.159. The van der Waals surface area contributed by atoms with Crippen LogP contribution in [0.3, 0.4) is 0 Å². The summed E-state index contributed by atoms with van der Waals surface area (Å²) in [6.45, 7) is 8.63. The van der Waals surface area contributed by atoms with Crippen LogP contribution in [0.1, 0.15) is 30.5 Å². The lowest BCUT2D eigenvalue weighted by molar-refractivity contribution is -0.114. The number of hydrogen-bond donors (Lipinski definition) is 0. The molecule has 5 heteroatoms. The number of anilines is 1. The van der Waals surface area contributed by atoms with Gasteiger partial charge in [-0.3, -0.25) is 4.79 Å². The van der Waals surface area contributed by atoms with Gasteiger partial charge in [0.25, 0.3) is 5.91 Å². The smallest absolute Gasteiger partial charge is 0.280 e. The lowest BCUT2D eigenvalue weighted by atomic mass is 10.0. The minimum Gasteiger partial charge on any atom is -0.490 e. The maximum Gasteiger partial charge on any atom is 0.280 e. The van der Waals surface area contributed by atoms with Gasteiger partial charge in [0.15, 0.2) is 11.5 Å². The lowest BCUT2D eigenvalue weighted by Crippen LogP contribution is -2.21. The Bertz CT molecular complexity index is 1550. The summed E-state index contributed by atoms with van der Waals surface area (Å²) in [5.74, 6) is 1.17. The second kappa shape index (κ2) is 11.2. The van der Waals surface area contributed by atoms with E-state index in [2.05, 4.69) is 35.9 Å². The number of carbonyl (C=O) groups excluding carboxylic acids is 1. The highest BCUT2D eigenvalue weighted by Crippen LogP contribution is 2.36. The van der Waals surface area contributed by atoms with Gasteiger partial charge in [0.2, 0.25) is 0 Å². The zero-order valence-corrected chi connectivity index (χ0v) is 21.7. The summed E-state index contributed by atoms with van der Waals surface area (Å²) in [5, 5.41) is 8.28. The summed E-state index contributed by atoms with van der Waals surface area (Å²) in [6.07, 6.45) is 4.31. The van der Waals surface area contributed by atoms with E-state index in [4.69, 9.17) is 9.47 Å². The molecule has 0 N–H and O–H groups in total. The van der Waals surface area contributed by atoms with Crippen LogP contribution in [0.4, 0.5) is 5.69 Å². The van der Waals surface area contributed by atoms with Crippen molar-refractivity contribution in [1.82, 2.24) is 0 Å². The van der Waals surface area contributed by atoms with Crippen molar-refractivity contribution in [2.24, 2.45) is 5.10 Å². The van der Waals surface area contributed by atoms with Gasteiger partial charge in [-0.1, -0.05) is 66.7 Å². The van der Waals surface area contributed by atoms with Crippen molar-refractivity contribution in [2.45, 2.75) is 26.9 Å². The molecule has 4 aromatic carbocycles. The van der Waals surface area contributed by atoms with Gasteiger partial charge in [-0.25, -0.2) is 0 Å². The Morgan fingerprint density at radius 3 is 2.47 bits per heavy atom. The average Bonchev–Trinajstić information content (AvgIpc) is 3.22. The Kier molecular flexibility index (Phi) is 7.36. The van der Waals surface area contributed by atoms with Crippen LogP contribution in [0.2, 0.25) is 0 Å². The zero-order valence-electron chi connectivity index (χ0n) is 21.7. The summed E-state index contributed by atoms with van der Waals surface area (Å²) in [5.41, 5.74) is 4.84. The van der Waals surface area contributed by atoms with Crippen molar-refractivity contribution in [3.63, 3.8) is 0 Å². The predicted octanol–water partition coefficient (Wildman–Crippen LogP) is 7.35. The highest BCUT2D eigenvalue weighted by atomic mass is 16.5. The van der Waals surface area contributed by atoms with Crippen LogP contribution >= 0.6 is 0 Å². The largest absolute Gasteiger partial charge is 0.490 e. The van der Waals surface area contributed by atoms with Gasteiger partial charge in [0.1, 0.15) is 6.61 Å². The number of hydrazone groups is 1. The van der Waals surface area contributed by atoms with Crippen LogP contribution in [0.25, 0.3) is 16.8 Å². The van der Waals surface area contributed by atoms with Crippen LogP contribution in [-0.4, -0.2) is 18.2 Å². The van der Waals surface area contributed by atoms with Crippen LogP contribution in [-0.2, 0) is 17.8 Å². The van der Waals surface area contributed by atoms with E-state index in [1.807, 2.05) is 86.7 Å². The molecule has 0 aliphatic carbocycles. The second-order valence-corrected chi connectivity index (χ2v) is 9.06. The van der Waals surface area contributed by atoms with E-state index in [-0.39, 0.29) is 5.91 Å². The van der Waals surface area contributed by atoms with Crippen LogP contribution in [0.15, 0.2) is 108 Å². The molecule has 0 unspecified atom stereocenters. The first kappa shape index (κ1) is 25.0. The molecular formula is C33H30N2O3. The van der Waals surface area contributed by atoms with E-state index >= 15 is 0 Å². The Balaban J connectivity index is 1.49. The fraction of sp³-hybridized carbons (Fsp3) is 0.152. The molecule has 0 spiro atoms. The van der Waals surface area contributed by atoms with Crippen molar-refractivity contribution >= 4 is 34.2 Å². The third-order valence-electron chi connectivity index (χ3n) is 6.44. The molecule has 4 aromatic rings. The van der Waals surface area contributed by atoms with Gasteiger partial charge in [-0.2, -0.15) is 10.1 Å². The average molecular weight is 503 g/mol. The maximum absolute atomic E-state index is 13.2. The number of para-hydroxylation sites is 1. The Morgan fingerprint density at radius 2 is 1.68 bits per heavy atom. The summed E-state index contributed by atoms with van der Waals surface area (Å²) < 4.78 is 12.5. The zero-order chi connectivity index (χ0) is 26.5. The number of carbonyl (C=O) groups is 1. The monoisotopic (exact) mass is 502 g/mol. The minimum absolute atomic E-state index is 0.159. The van der Waals surface area contributed by atoms with Crippen molar-refractivity contribution < 1.29 is 14.3 Å². The molecule has 190 valence electrons. The van der Waals surface area contributed by atoms with Crippen LogP contribution in [0.5, 0.6) is 11.5 Å². The maximum atomic E-state index is 13.2. The van der Waals surface area contributed by atoms with E-state index in [0.29, 0.717) is 42.4 Å². The van der Waals surface area contributed by atoms with Crippen molar-refractivity contribution in [3.05, 3.63) is 120 Å². The number of hydrogen-bond acceptors (Lipinski definition) is 4. The predicted molar refractivity (Wildman–Crippen MR) is 155 cm³/mol. The van der Waals surface area contributed by atoms with Crippen LogP contribution in [0, 0.1) is 0 Å². The summed E-state index contributed by atoms with van der Waals surface area (Å²) in [7, 11) is 0. The topological polar surface area (TPSA) is 51.1 Å². The van der Waals surface area contributed by atoms with E-state index in [1.165, 1.54) is 10.4 Å². The first-order chi connectivity index (χ1) is 18.6. The quantitative estimate of drug-likeness (QED) is 0.178. The van der Waals surface area contributed by atoms with Gasteiger partial charge in [0, 0.05) is 5.56 Å². The number of rotatable bonds is 9. The van der Waals surface area contributed by atoms with Crippen molar-refractivity contribution in [3.8, 4) is 11.5 Å². The molecule has 1 amide bonds. The van der Waals surface area contributed by atoms with E-state index in [9.17, 15) is 4.79 Å². The van der Waals surface area contributed by atoms with Gasteiger partial charge in [0.05, 0.1) is 23.6 Å². The number of benzene rings is 4. The Hall–Kier alpha value is -4.64. The molecule has 0 aromatic heterocycles. The van der Waals surface area contributed by atoms with Gasteiger partial charge in [-0.15, -0.1) is 6.58 Å². The molecule has 5 rings (SSSR count). The summed E-state index contributed by atoms with van der Waals surface area (Å²) in [6, 6.07) is 27.9. The summed E-state index contributed by atoms with van der Waals surface area (Å²) in [4.78, 5) is 13.2. The van der Waals surface area contributed by atoms with Gasteiger partial charge >= 0.3 is 0 Å². The van der Waals surface area contributed by atoms with Crippen molar-refractivity contribution in [1.29, 1.82) is 0 Å².